The van der Waals surface area contributed by atoms with Gasteiger partial charge in [-0.2, -0.15) is 0 Å². The van der Waals surface area contributed by atoms with E-state index in [0.717, 1.165) is 29.4 Å². The molecule has 6 heteroatoms. The minimum atomic E-state index is -0.184. The predicted octanol–water partition coefficient (Wildman–Crippen LogP) is 2.73. The molecule has 6 nitrogen and oxygen atoms in total. The Bertz CT molecular complexity index is 918. The minimum Gasteiger partial charge on any atom is -0.351 e. The Balaban J connectivity index is 1.39. The lowest BCUT2D eigenvalue weighted by Gasteiger charge is -2.31. The summed E-state index contributed by atoms with van der Waals surface area (Å²) in [6, 6.07) is 15.3. The molecule has 1 fully saturated rings. The van der Waals surface area contributed by atoms with Crippen molar-refractivity contribution in [1.82, 2.24) is 20.2 Å². The number of H-pyrrole nitrogens is 1. The van der Waals surface area contributed by atoms with Crippen molar-refractivity contribution in [3.63, 3.8) is 0 Å². The first kappa shape index (κ1) is 17.3. The largest absolute Gasteiger partial charge is 0.351 e. The normalized spacial score (nSPS) is 17.0. The molecule has 2 aromatic heterocycles. The smallest absolute Gasteiger partial charge is 0.270 e. The molecule has 1 aliphatic heterocycles. The number of piperidine rings is 1. The van der Waals surface area contributed by atoms with E-state index < -0.39 is 0 Å². The topological polar surface area (TPSA) is 78.1 Å². The number of pyridine rings is 1. The monoisotopic (exact) mass is 362 g/mol. The summed E-state index contributed by atoms with van der Waals surface area (Å²) in [5, 5.41) is 3.96. The fourth-order valence-corrected chi connectivity index (χ4v) is 3.56. The summed E-state index contributed by atoms with van der Waals surface area (Å²) >= 11 is 0. The Morgan fingerprint density at radius 2 is 2.04 bits per heavy atom. The number of amides is 2. The molecule has 1 aromatic carbocycles. The van der Waals surface area contributed by atoms with Crippen molar-refractivity contribution < 1.29 is 9.59 Å². The van der Waals surface area contributed by atoms with Gasteiger partial charge in [-0.25, -0.2) is 0 Å². The molecule has 1 aliphatic rings. The highest BCUT2D eigenvalue weighted by atomic mass is 16.2. The molecular formula is C21H22N4O2. The van der Waals surface area contributed by atoms with Crippen LogP contribution in [0, 0.1) is 5.92 Å². The standard InChI is InChI=1S/C21H22N4O2/c26-20(23-13-17-8-3-4-10-22-17)16-7-5-11-25(14-16)21(27)19-12-15-6-1-2-9-18(15)24-19/h1-4,6,8-10,12,16,24H,5,7,11,13-14H2,(H,23,26)/t16-/m1/s1. The number of carbonyl (C=O) groups excluding carboxylic acids is 2. The van der Waals surface area contributed by atoms with Crippen molar-refractivity contribution in [1.29, 1.82) is 0 Å². The van der Waals surface area contributed by atoms with Gasteiger partial charge < -0.3 is 15.2 Å². The maximum Gasteiger partial charge on any atom is 0.270 e. The maximum atomic E-state index is 12.9. The summed E-state index contributed by atoms with van der Waals surface area (Å²) in [4.78, 5) is 34.6. The number of para-hydroxylation sites is 1. The van der Waals surface area contributed by atoms with Gasteiger partial charge in [0, 0.05) is 30.2 Å². The maximum absolute atomic E-state index is 12.9. The molecule has 1 saturated heterocycles. The van der Waals surface area contributed by atoms with Gasteiger partial charge in [0.05, 0.1) is 18.2 Å². The highest BCUT2D eigenvalue weighted by molar-refractivity contribution is 5.98. The van der Waals surface area contributed by atoms with Gasteiger partial charge in [-0.15, -0.1) is 0 Å². The molecule has 0 bridgehead atoms. The van der Waals surface area contributed by atoms with E-state index in [1.807, 2.05) is 48.5 Å². The molecule has 0 unspecified atom stereocenters. The van der Waals surface area contributed by atoms with E-state index in [-0.39, 0.29) is 17.7 Å². The van der Waals surface area contributed by atoms with Gasteiger partial charge in [-0.05, 0) is 37.1 Å². The Labute approximate surface area is 157 Å². The molecule has 4 rings (SSSR count). The Kier molecular flexibility index (Phi) is 4.87. The summed E-state index contributed by atoms with van der Waals surface area (Å²) in [7, 11) is 0. The first-order valence-electron chi connectivity index (χ1n) is 9.25. The van der Waals surface area contributed by atoms with Gasteiger partial charge in [0.2, 0.25) is 5.91 Å². The number of hydrogen-bond acceptors (Lipinski definition) is 3. The molecule has 27 heavy (non-hydrogen) atoms. The third-order valence-electron chi connectivity index (χ3n) is 5.01. The minimum absolute atomic E-state index is 0.0187. The molecule has 2 N–H and O–H groups in total. The second-order valence-electron chi connectivity index (χ2n) is 6.90. The van der Waals surface area contributed by atoms with Crippen LogP contribution in [0.4, 0.5) is 0 Å². The molecule has 2 amide bonds. The summed E-state index contributed by atoms with van der Waals surface area (Å²) in [5.41, 5.74) is 2.35. The molecule has 0 aliphatic carbocycles. The zero-order chi connectivity index (χ0) is 18.6. The lowest BCUT2D eigenvalue weighted by Crippen LogP contribution is -2.45. The van der Waals surface area contributed by atoms with Crippen LogP contribution < -0.4 is 5.32 Å². The van der Waals surface area contributed by atoms with Crippen LogP contribution in [-0.4, -0.2) is 39.8 Å². The third kappa shape index (κ3) is 3.84. The number of carbonyl (C=O) groups is 2. The molecule has 0 spiro atoms. The summed E-state index contributed by atoms with van der Waals surface area (Å²) in [5.74, 6) is -0.251. The number of rotatable bonds is 4. The zero-order valence-corrected chi connectivity index (χ0v) is 15.0. The molecule has 0 saturated carbocycles. The quantitative estimate of drug-likeness (QED) is 0.749. The Morgan fingerprint density at radius 3 is 2.85 bits per heavy atom. The fraction of sp³-hybridized carbons (Fsp3) is 0.286. The second kappa shape index (κ2) is 7.61. The first-order chi connectivity index (χ1) is 13.2. The van der Waals surface area contributed by atoms with Crippen LogP contribution in [0.25, 0.3) is 10.9 Å². The number of aromatic nitrogens is 2. The van der Waals surface area contributed by atoms with E-state index >= 15 is 0 Å². The van der Waals surface area contributed by atoms with Crippen LogP contribution in [0.2, 0.25) is 0 Å². The number of aromatic amines is 1. The summed E-state index contributed by atoms with van der Waals surface area (Å²) in [6.45, 7) is 1.53. The van der Waals surface area contributed by atoms with E-state index in [9.17, 15) is 9.59 Å². The predicted molar refractivity (Wildman–Crippen MR) is 103 cm³/mol. The highest BCUT2D eigenvalue weighted by Crippen LogP contribution is 2.21. The van der Waals surface area contributed by atoms with Crippen molar-refractivity contribution in [3.8, 4) is 0 Å². The van der Waals surface area contributed by atoms with E-state index in [2.05, 4.69) is 15.3 Å². The Hall–Kier alpha value is -3.15. The van der Waals surface area contributed by atoms with Gasteiger partial charge in [0.15, 0.2) is 0 Å². The number of nitrogens with one attached hydrogen (secondary N) is 2. The van der Waals surface area contributed by atoms with Gasteiger partial charge in [0.25, 0.3) is 5.91 Å². The van der Waals surface area contributed by atoms with Crippen molar-refractivity contribution >= 4 is 22.7 Å². The van der Waals surface area contributed by atoms with E-state index in [1.165, 1.54) is 0 Å². The first-order valence-corrected chi connectivity index (χ1v) is 9.25. The van der Waals surface area contributed by atoms with Crippen LogP contribution in [0.3, 0.4) is 0 Å². The lowest BCUT2D eigenvalue weighted by atomic mass is 9.97. The number of benzene rings is 1. The van der Waals surface area contributed by atoms with Crippen molar-refractivity contribution in [2.45, 2.75) is 19.4 Å². The SMILES string of the molecule is O=C(NCc1ccccn1)[C@@H]1CCCN(C(=O)c2cc3ccccc3[nH]2)C1. The van der Waals surface area contributed by atoms with Crippen LogP contribution in [-0.2, 0) is 11.3 Å². The van der Waals surface area contributed by atoms with Crippen LogP contribution >= 0.6 is 0 Å². The van der Waals surface area contributed by atoms with Crippen molar-refractivity contribution in [2.75, 3.05) is 13.1 Å². The van der Waals surface area contributed by atoms with Gasteiger partial charge in [-0.1, -0.05) is 24.3 Å². The van der Waals surface area contributed by atoms with E-state index in [1.54, 1.807) is 11.1 Å². The highest BCUT2D eigenvalue weighted by Gasteiger charge is 2.29. The number of hydrogen-bond donors (Lipinski definition) is 2. The van der Waals surface area contributed by atoms with Crippen LogP contribution in [0.15, 0.2) is 54.7 Å². The van der Waals surface area contributed by atoms with Crippen molar-refractivity contribution in [3.05, 3.63) is 66.1 Å². The average Bonchev–Trinajstić information content (AvgIpc) is 3.16. The van der Waals surface area contributed by atoms with Gasteiger partial charge >= 0.3 is 0 Å². The zero-order valence-electron chi connectivity index (χ0n) is 15.0. The molecule has 0 radical (unpaired) electrons. The fourth-order valence-electron chi connectivity index (χ4n) is 3.56. The molecule has 138 valence electrons. The van der Waals surface area contributed by atoms with Gasteiger partial charge in [-0.3, -0.25) is 14.6 Å². The van der Waals surface area contributed by atoms with Crippen LogP contribution in [0.1, 0.15) is 29.0 Å². The van der Waals surface area contributed by atoms with E-state index in [4.69, 9.17) is 0 Å². The second-order valence-corrected chi connectivity index (χ2v) is 6.90. The van der Waals surface area contributed by atoms with Crippen molar-refractivity contribution in [2.24, 2.45) is 5.92 Å². The molecule has 3 heterocycles. The molecule has 1 atom stereocenters. The Morgan fingerprint density at radius 1 is 1.19 bits per heavy atom. The number of fused-ring (bicyclic) bond motifs is 1. The van der Waals surface area contributed by atoms with Crippen LogP contribution in [0.5, 0.6) is 0 Å². The number of nitrogens with zero attached hydrogens (tertiary/aromatic N) is 2. The van der Waals surface area contributed by atoms with E-state index in [0.29, 0.717) is 25.3 Å². The summed E-state index contributed by atoms with van der Waals surface area (Å²) < 4.78 is 0. The summed E-state index contributed by atoms with van der Waals surface area (Å²) in [6.07, 6.45) is 3.33. The number of likely N-dealkylation sites (tertiary alicyclic amines) is 1. The van der Waals surface area contributed by atoms with Gasteiger partial charge in [0.1, 0.15) is 5.69 Å². The molecular weight excluding hydrogens is 340 g/mol. The average molecular weight is 362 g/mol. The molecule has 3 aromatic rings. The third-order valence-corrected chi connectivity index (χ3v) is 5.01. The lowest BCUT2D eigenvalue weighted by molar-refractivity contribution is -0.126.